The van der Waals surface area contributed by atoms with Gasteiger partial charge in [0, 0.05) is 15.7 Å². The number of carbonyl (C=O) groups is 1. The zero-order valence-corrected chi connectivity index (χ0v) is 11.3. The van der Waals surface area contributed by atoms with Gasteiger partial charge < -0.3 is 5.11 Å². The van der Waals surface area contributed by atoms with Crippen molar-refractivity contribution in [2.75, 3.05) is 0 Å². The van der Waals surface area contributed by atoms with Crippen molar-refractivity contribution in [1.82, 2.24) is 0 Å². The molecule has 0 spiro atoms. The van der Waals surface area contributed by atoms with Crippen molar-refractivity contribution in [3.8, 4) is 0 Å². The summed E-state index contributed by atoms with van der Waals surface area (Å²) in [5, 5.41) is 9.40. The maximum atomic E-state index is 13.1. The molecule has 0 saturated carbocycles. The van der Waals surface area contributed by atoms with E-state index in [4.69, 9.17) is 16.7 Å². The van der Waals surface area contributed by atoms with Crippen LogP contribution in [-0.2, 0) is 5.75 Å². The molecule has 2 aromatic rings. The van der Waals surface area contributed by atoms with Gasteiger partial charge in [-0.15, -0.1) is 11.8 Å². The van der Waals surface area contributed by atoms with Crippen molar-refractivity contribution in [1.29, 1.82) is 0 Å². The van der Waals surface area contributed by atoms with Crippen LogP contribution in [0.5, 0.6) is 0 Å². The van der Waals surface area contributed by atoms with Crippen LogP contribution >= 0.6 is 23.4 Å². The van der Waals surface area contributed by atoms with E-state index in [0.29, 0.717) is 16.3 Å². The molecule has 98 valence electrons. The highest BCUT2D eigenvalue weighted by Gasteiger charge is 2.06. The fourth-order valence-corrected chi connectivity index (χ4v) is 2.74. The first kappa shape index (κ1) is 13.9. The molecule has 2 nitrogen and oxygen atoms in total. The Bertz CT molecular complexity index is 616. The van der Waals surface area contributed by atoms with Gasteiger partial charge in [0.25, 0.3) is 0 Å². The largest absolute Gasteiger partial charge is 0.478 e. The molecule has 0 saturated heterocycles. The predicted octanol–water partition coefficient (Wildman–Crippen LogP) is 4.47. The number of hydrogen-bond donors (Lipinski definition) is 1. The van der Waals surface area contributed by atoms with E-state index in [1.54, 1.807) is 12.1 Å². The molecule has 5 heteroatoms. The fourth-order valence-electron chi connectivity index (χ4n) is 1.53. The van der Waals surface area contributed by atoms with Gasteiger partial charge in [-0.05, 0) is 42.0 Å². The van der Waals surface area contributed by atoms with Gasteiger partial charge in [0.05, 0.1) is 5.56 Å². The van der Waals surface area contributed by atoms with Crippen LogP contribution in [0.25, 0.3) is 0 Å². The Morgan fingerprint density at radius 2 is 2.05 bits per heavy atom. The molecule has 0 aliphatic carbocycles. The highest BCUT2D eigenvalue weighted by atomic mass is 35.5. The number of aromatic carboxylic acids is 1. The van der Waals surface area contributed by atoms with Crippen molar-refractivity contribution in [3.05, 3.63) is 64.4 Å². The number of halogens is 2. The zero-order valence-electron chi connectivity index (χ0n) is 9.77. The van der Waals surface area contributed by atoms with Crippen LogP contribution in [0.1, 0.15) is 15.9 Å². The lowest BCUT2D eigenvalue weighted by molar-refractivity contribution is 0.0696. The topological polar surface area (TPSA) is 37.3 Å². The molecule has 1 N–H and O–H groups in total. The first-order valence-electron chi connectivity index (χ1n) is 5.46. The van der Waals surface area contributed by atoms with Crippen LogP contribution in [-0.4, -0.2) is 11.1 Å². The minimum atomic E-state index is -0.966. The smallest absolute Gasteiger partial charge is 0.335 e. The van der Waals surface area contributed by atoms with Gasteiger partial charge in [-0.1, -0.05) is 17.7 Å². The maximum absolute atomic E-state index is 13.1. The van der Waals surface area contributed by atoms with Gasteiger partial charge >= 0.3 is 5.97 Å². The predicted molar refractivity (Wildman–Crippen MR) is 74.4 cm³/mol. The Kier molecular flexibility index (Phi) is 4.45. The summed E-state index contributed by atoms with van der Waals surface area (Å²) in [5.41, 5.74) is 0.919. The fraction of sp³-hybridized carbons (Fsp3) is 0.0714. The second-order valence-corrected chi connectivity index (χ2v) is 5.31. The third kappa shape index (κ3) is 3.72. The van der Waals surface area contributed by atoms with E-state index in [9.17, 15) is 9.18 Å². The third-order valence-corrected chi connectivity index (χ3v) is 3.89. The van der Waals surface area contributed by atoms with Crippen LogP contribution in [0.3, 0.4) is 0 Å². The number of carboxylic acid groups (broad SMARTS) is 1. The summed E-state index contributed by atoms with van der Waals surface area (Å²) in [7, 11) is 0. The number of thioether (sulfide) groups is 1. The molecular formula is C14H10ClFO2S. The molecule has 19 heavy (non-hydrogen) atoms. The lowest BCUT2D eigenvalue weighted by Crippen LogP contribution is -1.95. The van der Waals surface area contributed by atoms with E-state index in [1.165, 1.54) is 36.0 Å². The molecule has 2 aromatic carbocycles. The van der Waals surface area contributed by atoms with E-state index >= 15 is 0 Å². The van der Waals surface area contributed by atoms with Crippen molar-refractivity contribution >= 4 is 29.3 Å². The van der Waals surface area contributed by atoms with E-state index in [0.717, 1.165) is 4.90 Å². The summed E-state index contributed by atoms with van der Waals surface area (Å²) < 4.78 is 13.1. The molecular weight excluding hydrogens is 287 g/mol. The molecule has 0 aliphatic heterocycles. The summed E-state index contributed by atoms with van der Waals surface area (Å²) in [6.45, 7) is 0. The Morgan fingerprint density at radius 3 is 2.79 bits per heavy atom. The summed E-state index contributed by atoms with van der Waals surface area (Å²) in [6, 6.07) is 10.8. The summed E-state index contributed by atoms with van der Waals surface area (Å²) >= 11 is 7.38. The number of carboxylic acids is 1. The Balaban J connectivity index is 2.12. The van der Waals surface area contributed by atoms with Crippen LogP contribution in [0.2, 0.25) is 5.02 Å². The van der Waals surface area contributed by atoms with Gasteiger partial charge in [-0.2, -0.15) is 0 Å². The molecule has 0 heterocycles. The average Bonchev–Trinajstić information content (AvgIpc) is 2.40. The van der Waals surface area contributed by atoms with Gasteiger partial charge in [0.1, 0.15) is 5.82 Å². The quantitative estimate of drug-likeness (QED) is 0.846. The van der Waals surface area contributed by atoms with Crippen molar-refractivity contribution in [3.63, 3.8) is 0 Å². The lowest BCUT2D eigenvalue weighted by Gasteiger charge is -2.05. The molecule has 0 fully saturated rings. The van der Waals surface area contributed by atoms with E-state index in [1.807, 2.05) is 6.07 Å². The molecule has 0 bridgehead atoms. The minimum Gasteiger partial charge on any atom is -0.478 e. The van der Waals surface area contributed by atoms with Crippen molar-refractivity contribution < 1.29 is 14.3 Å². The Labute approximate surface area is 119 Å². The van der Waals surface area contributed by atoms with Crippen LogP contribution in [0.15, 0.2) is 47.4 Å². The van der Waals surface area contributed by atoms with Gasteiger partial charge in [0.15, 0.2) is 0 Å². The van der Waals surface area contributed by atoms with Crippen LogP contribution < -0.4 is 0 Å². The SMILES string of the molecule is O=C(O)c1cccc(SCc2cc(F)ccc2Cl)c1. The molecule has 0 amide bonds. The van der Waals surface area contributed by atoms with E-state index in [2.05, 4.69) is 0 Å². The van der Waals surface area contributed by atoms with E-state index < -0.39 is 5.97 Å². The monoisotopic (exact) mass is 296 g/mol. The van der Waals surface area contributed by atoms with Crippen molar-refractivity contribution in [2.24, 2.45) is 0 Å². The van der Waals surface area contributed by atoms with Crippen molar-refractivity contribution in [2.45, 2.75) is 10.6 Å². The summed E-state index contributed by atoms with van der Waals surface area (Å²) in [4.78, 5) is 11.7. The number of rotatable bonds is 4. The molecule has 0 aliphatic rings. The lowest BCUT2D eigenvalue weighted by atomic mass is 10.2. The molecule has 0 unspecified atom stereocenters. The van der Waals surface area contributed by atoms with Gasteiger partial charge in [-0.25, -0.2) is 9.18 Å². The molecule has 0 radical (unpaired) electrons. The zero-order chi connectivity index (χ0) is 13.8. The Morgan fingerprint density at radius 1 is 1.26 bits per heavy atom. The van der Waals surface area contributed by atoms with Crippen LogP contribution in [0, 0.1) is 5.82 Å². The van der Waals surface area contributed by atoms with Crippen LogP contribution in [0.4, 0.5) is 4.39 Å². The average molecular weight is 297 g/mol. The molecule has 0 atom stereocenters. The highest BCUT2D eigenvalue weighted by molar-refractivity contribution is 7.98. The van der Waals surface area contributed by atoms with Gasteiger partial charge in [-0.3, -0.25) is 0 Å². The maximum Gasteiger partial charge on any atom is 0.335 e. The summed E-state index contributed by atoms with van der Waals surface area (Å²) in [5.74, 6) is -0.815. The van der Waals surface area contributed by atoms with E-state index in [-0.39, 0.29) is 11.4 Å². The Hall–Kier alpha value is -1.52. The first-order chi connectivity index (χ1) is 9.06. The second kappa shape index (κ2) is 6.08. The highest BCUT2D eigenvalue weighted by Crippen LogP contribution is 2.27. The second-order valence-electron chi connectivity index (χ2n) is 3.86. The third-order valence-electron chi connectivity index (χ3n) is 2.48. The minimum absolute atomic E-state index is 0.232. The number of benzene rings is 2. The standard InChI is InChI=1S/C14H10ClFO2S/c15-13-5-4-11(16)6-10(13)8-19-12-3-1-2-9(7-12)14(17)18/h1-7H,8H2,(H,17,18). The first-order valence-corrected chi connectivity index (χ1v) is 6.83. The number of hydrogen-bond acceptors (Lipinski definition) is 2. The normalized spacial score (nSPS) is 10.4. The molecule has 0 aromatic heterocycles. The van der Waals surface area contributed by atoms with Gasteiger partial charge in [0.2, 0.25) is 0 Å². The summed E-state index contributed by atoms with van der Waals surface area (Å²) in [6.07, 6.45) is 0. The molecule has 2 rings (SSSR count).